The molecule has 0 saturated carbocycles. The number of nitrogens with two attached hydrogens (primary N) is 1. The van der Waals surface area contributed by atoms with E-state index in [1.54, 1.807) is 11.4 Å². The van der Waals surface area contributed by atoms with E-state index < -0.39 is 15.9 Å². The normalized spacial score (nSPS) is 16.1. The van der Waals surface area contributed by atoms with Crippen LogP contribution in [0.15, 0.2) is 44.9 Å². The van der Waals surface area contributed by atoms with E-state index in [0.29, 0.717) is 0 Å². The van der Waals surface area contributed by atoms with Crippen LogP contribution < -0.4 is 11.1 Å². The Hall–Kier alpha value is -1.90. The molecule has 140 valence electrons. The smallest absolute Gasteiger partial charge is 0.193 e. The van der Waals surface area contributed by atoms with E-state index >= 15 is 0 Å². The first-order chi connectivity index (χ1) is 12.5. The number of nitrogens with zero attached hydrogens (tertiary/aromatic N) is 1. The van der Waals surface area contributed by atoms with Crippen molar-refractivity contribution in [3.8, 4) is 0 Å². The van der Waals surface area contributed by atoms with Crippen molar-refractivity contribution in [3.63, 3.8) is 0 Å². The van der Waals surface area contributed by atoms with Crippen molar-refractivity contribution >= 4 is 32.8 Å². The summed E-state index contributed by atoms with van der Waals surface area (Å²) in [6, 6.07) is 9.29. The number of guanidine groups is 1. The molecule has 1 heterocycles. The minimum Gasteiger partial charge on any atom is -0.390 e. The van der Waals surface area contributed by atoms with Gasteiger partial charge in [-0.2, -0.15) is 0 Å². The number of fused-ring (bicyclic) bond motifs is 1. The average molecular weight is 394 g/mol. The highest BCUT2D eigenvalue weighted by molar-refractivity contribution is 7.93. The lowest BCUT2D eigenvalue weighted by atomic mass is 9.90. The van der Waals surface area contributed by atoms with Gasteiger partial charge in [0.15, 0.2) is 15.8 Å². The highest BCUT2D eigenvalue weighted by Crippen LogP contribution is 2.27. The largest absolute Gasteiger partial charge is 0.390 e. The molecule has 0 fully saturated rings. The molecule has 1 atom stereocenters. The highest BCUT2D eigenvalue weighted by Gasteiger charge is 2.20. The van der Waals surface area contributed by atoms with Crippen LogP contribution in [0.5, 0.6) is 0 Å². The Balaban J connectivity index is 1.60. The summed E-state index contributed by atoms with van der Waals surface area (Å²) in [7, 11) is -3.50. The number of benzene rings is 1. The number of hydrogen-bond donors (Lipinski definition) is 3. The summed E-state index contributed by atoms with van der Waals surface area (Å²) in [4.78, 5) is 4.11. The Bertz CT molecular complexity index is 877. The molecule has 0 radical (unpaired) electrons. The van der Waals surface area contributed by atoms with Gasteiger partial charge in [-0.25, -0.2) is 8.42 Å². The minimum atomic E-state index is -3.50. The van der Waals surface area contributed by atoms with Crippen LogP contribution in [0.2, 0.25) is 0 Å². The monoisotopic (exact) mass is 393 g/mol. The third-order valence-electron chi connectivity index (χ3n) is 4.34. The molecule has 0 aliphatic heterocycles. The van der Waals surface area contributed by atoms with Gasteiger partial charge in [-0.05, 0) is 54.3 Å². The number of thiophene rings is 1. The maximum atomic E-state index is 12.2. The van der Waals surface area contributed by atoms with Crippen LogP contribution in [-0.2, 0) is 22.7 Å². The molecule has 1 aromatic carbocycles. The zero-order valence-corrected chi connectivity index (χ0v) is 16.0. The first-order valence-corrected chi connectivity index (χ1v) is 11.1. The van der Waals surface area contributed by atoms with E-state index in [-0.39, 0.29) is 22.5 Å². The van der Waals surface area contributed by atoms with Crippen molar-refractivity contribution in [2.24, 2.45) is 10.7 Å². The second-order valence-electron chi connectivity index (χ2n) is 6.37. The molecular formula is C18H23N3O3S2. The van der Waals surface area contributed by atoms with Gasteiger partial charge < -0.3 is 16.2 Å². The zero-order chi connectivity index (χ0) is 18.6. The fraction of sp³-hybridized carbons (Fsp3) is 0.389. The Labute approximate surface area is 157 Å². The third kappa shape index (κ3) is 4.63. The fourth-order valence-corrected chi connectivity index (χ4v) is 5.58. The Kier molecular flexibility index (Phi) is 5.95. The van der Waals surface area contributed by atoms with E-state index in [9.17, 15) is 13.5 Å². The molecule has 0 spiro atoms. The number of aryl methyl sites for hydroxylation is 1. The summed E-state index contributed by atoms with van der Waals surface area (Å²) in [5.41, 5.74) is 9.45. The van der Waals surface area contributed by atoms with Crippen molar-refractivity contribution in [1.29, 1.82) is 0 Å². The van der Waals surface area contributed by atoms with Crippen LogP contribution in [0.25, 0.3) is 0 Å². The van der Waals surface area contributed by atoms with Crippen molar-refractivity contribution in [2.75, 3.05) is 17.6 Å². The van der Waals surface area contributed by atoms with Gasteiger partial charge in [0.05, 0.1) is 18.4 Å². The summed E-state index contributed by atoms with van der Waals surface area (Å²) in [6.45, 7) is -0.0710. The van der Waals surface area contributed by atoms with Gasteiger partial charge in [0.1, 0.15) is 4.21 Å². The second-order valence-corrected chi connectivity index (χ2v) is 9.58. The summed E-state index contributed by atoms with van der Waals surface area (Å²) >= 11 is 1.14. The molecule has 0 bridgehead atoms. The number of aliphatic hydroxyl groups excluding tert-OH is 1. The highest BCUT2D eigenvalue weighted by atomic mass is 32.2. The maximum absolute atomic E-state index is 12.2. The lowest BCUT2D eigenvalue weighted by Gasteiger charge is -2.20. The molecule has 0 saturated heterocycles. The molecule has 6 nitrogen and oxygen atoms in total. The van der Waals surface area contributed by atoms with Gasteiger partial charge >= 0.3 is 0 Å². The van der Waals surface area contributed by atoms with Crippen molar-refractivity contribution in [1.82, 2.24) is 0 Å². The molecule has 1 unspecified atom stereocenters. The topological polar surface area (TPSA) is 105 Å². The molecule has 1 aliphatic rings. The van der Waals surface area contributed by atoms with Crippen LogP contribution in [0, 0.1) is 0 Å². The summed E-state index contributed by atoms with van der Waals surface area (Å²) in [6.07, 6.45) is 3.33. The summed E-state index contributed by atoms with van der Waals surface area (Å²) in [5, 5.41) is 14.8. The lowest BCUT2D eigenvalue weighted by molar-refractivity contribution is 0.206. The lowest BCUT2D eigenvalue weighted by Crippen LogP contribution is -2.28. The number of hydrogen-bond acceptors (Lipinski definition) is 5. The molecule has 1 aliphatic carbocycles. The number of aliphatic hydroxyl groups is 1. The second kappa shape index (κ2) is 8.20. The van der Waals surface area contributed by atoms with Crippen molar-refractivity contribution in [2.45, 2.75) is 36.0 Å². The van der Waals surface area contributed by atoms with Crippen LogP contribution in [-0.4, -0.2) is 37.9 Å². The van der Waals surface area contributed by atoms with Crippen molar-refractivity contribution in [3.05, 3.63) is 46.8 Å². The SMILES string of the molecule is NC(=NCC(O)CS(=O)(=O)c1cccs1)Nc1cccc2c1CCCC2. The van der Waals surface area contributed by atoms with Crippen LogP contribution in [0.4, 0.5) is 5.69 Å². The fourth-order valence-electron chi connectivity index (χ4n) is 3.11. The third-order valence-corrected chi connectivity index (χ3v) is 7.63. The van der Waals surface area contributed by atoms with E-state index in [1.165, 1.54) is 23.6 Å². The quantitative estimate of drug-likeness (QED) is 0.515. The number of rotatable bonds is 6. The van der Waals surface area contributed by atoms with Crippen LogP contribution in [0.3, 0.4) is 0 Å². The van der Waals surface area contributed by atoms with Gasteiger partial charge in [0.25, 0.3) is 0 Å². The molecule has 26 heavy (non-hydrogen) atoms. The average Bonchev–Trinajstić information content (AvgIpc) is 3.16. The van der Waals surface area contributed by atoms with Crippen LogP contribution >= 0.6 is 11.3 Å². The molecule has 8 heteroatoms. The molecular weight excluding hydrogens is 370 g/mol. The van der Waals surface area contributed by atoms with Crippen LogP contribution in [0.1, 0.15) is 24.0 Å². The number of nitrogens with one attached hydrogen (secondary N) is 1. The van der Waals surface area contributed by atoms with Gasteiger partial charge in [-0.1, -0.05) is 18.2 Å². The summed E-state index contributed by atoms with van der Waals surface area (Å²) in [5.74, 6) is -0.193. The van der Waals surface area contributed by atoms with E-state index in [4.69, 9.17) is 5.73 Å². The first-order valence-electron chi connectivity index (χ1n) is 8.58. The molecule has 3 rings (SSSR count). The molecule has 0 amide bonds. The van der Waals surface area contributed by atoms with Gasteiger partial charge in [-0.15, -0.1) is 11.3 Å². The number of aliphatic imine (C=N–C) groups is 1. The Morgan fingerprint density at radius 1 is 1.27 bits per heavy atom. The Morgan fingerprint density at radius 3 is 2.85 bits per heavy atom. The molecule has 1 aromatic heterocycles. The maximum Gasteiger partial charge on any atom is 0.193 e. The van der Waals surface area contributed by atoms with Gasteiger partial charge in [0.2, 0.25) is 0 Å². The van der Waals surface area contributed by atoms with E-state index in [0.717, 1.165) is 36.3 Å². The Morgan fingerprint density at radius 2 is 2.08 bits per heavy atom. The van der Waals surface area contributed by atoms with Gasteiger partial charge in [0, 0.05) is 5.69 Å². The number of anilines is 1. The molecule has 2 aromatic rings. The summed E-state index contributed by atoms with van der Waals surface area (Å²) < 4.78 is 24.6. The zero-order valence-electron chi connectivity index (χ0n) is 14.4. The standard InChI is InChI=1S/C18H23N3O3S2/c19-18(21-16-8-3-6-13-5-1-2-7-15(13)16)20-11-14(22)12-26(23,24)17-9-4-10-25-17/h3-4,6,8-10,14,22H,1-2,5,7,11-12H2,(H3,19,20,21). The number of sulfone groups is 1. The predicted octanol–water partition coefficient (Wildman–Crippen LogP) is 2.19. The first kappa shape index (κ1) is 18.9. The van der Waals surface area contributed by atoms with E-state index in [1.807, 2.05) is 12.1 Å². The van der Waals surface area contributed by atoms with Crippen molar-refractivity contribution < 1.29 is 13.5 Å². The minimum absolute atomic E-state index is 0.0710. The predicted molar refractivity (Wildman–Crippen MR) is 106 cm³/mol. The molecule has 4 N–H and O–H groups in total. The van der Waals surface area contributed by atoms with E-state index in [2.05, 4.69) is 16.4 Å². The van der Waals surface area contributed by atoms with Gasteiger partial charge in [-0.3, -0.25) is 4.99 Å².